The Morgan fingerprint density at radius 3 is 2.64 bits per heavy atom. The number of hydrogen-bond donors (Lipinski definition) is 3. The lowest BCUT2D eigenvalue weighted by Gasteiger charge is -2.23. The summed E-state index contributed by atoms with van der Waals surface area (Å²) in [6.07, 6.45) is 0.500. The maximum Gasteiger partial charge on any atom is 0.249 e. The molecular weight excluding hydrogens is 360 g/mol. The van der Waals surface area contributed by atoms with Gasteiger partial charge < -0.3 is 26.0 Å². The number of aliphatic hydroxyl groups excluding tert-OH is 1. The molecule has 1 aromatic carbocycles. The molecule has 1 aromatic rings. The van der Waals surface area contributed by atoms with Crippen LogP contribution in [0.1, 0.15) is 36.7 Å². The molecule has 0 radical (unpaired) electrons. The Balaban J connectivity index is 2.83. The molecule has 0 bridgehead atoms. The zero-order chi connectivity index (χ0) is 18.9. The van der Waals surface area contributed by atoms with Crippen molar-refractivity contribution < 1.29 is 19.4 Å². The van der Waals surface area contributed by atoms with Crippen molar-refractivity contribution in [2.24, 2.45) is 11.5 Å². The van der Waals surface area contributed by atoms with E-state index in [1.54, 1.807) is 39.8 Å². The highest BCUT2D eigenvalue weighted by Crippen LogP contribution is 2.38. The van der Waals surface area contributed by atoms with E-state index in [9.17, 15) is 4.79 Å². The molecule has 1 amide bonds. The first-order valence-corrected chi connectivity index (χ1v) is 10.3. The Bertz CT molecular complexity index is 550. The van der Waals surface area contributed by atoms with Crippen molar-refractivity contribution in [2.75, 3.05) is 26.4 Å². The van der Waals surface area contributed by atoms with Crippen LogP contribution in [-0.2, 0) is 11.2 Å². The van der Waals surface area contributed by atoms with Gasteiger partial charge in [0.25, 0.3) is 0 Å². The van der Waals surface area contributed by atoms with Crippen LogP contribution in [-0.4, -0.2) is 47.6 Å². The van der Waals surface area contributed by atoms with Gasteiger partial charge in [-0.15, -0.1) is 0 Å². The molecule has 0 aliphatic heterocycles. The molecule has 0 saturated heterocycles. The van der Waals surface area contributed by atoms with Crippen molar-refractivity contribution in [3.8, 4) is 5.75 Å². The average molecular weight is 389 g/mol. The van der Waals surface area contributed by atoms with Crippen molar-refractivity contribution in [3.63, 3.8) is 0 Å². The molecule has 1 unspecified atom stereocenters. The van der Waals surface area contributed by atoms with Gasteiger partial charge in [-0.3, -0.25) is 4.79 Å². The zero-order valence-electron chi connectivity index (χ0n) is 15.0. The predicted octanol–water partition coefficient (Wildman–Crippen LogP) is 2.18. The SMILES string of the molecule is CC(C)(C)SSC(COc1cccc(C(N)=O)c1CCN)OCCO. The van der Waals surface area contributed by atoms with Gasteiger partial charge in [-0.1, -0.05) is 48.4 Å². The molecule has 5 N–H and O–H groups in total. The number of primary amides is 1. The topological polar surface area (TPSA) is 108 Å². The lowest BCUT2D eigenvalue weighted by Crippen LogP contribution is -2.22. The van der Waals surface area contributed by atoms with Gasteiger partial charge in [0.15, 0.2) is 0 Å². The summed E-state index contributed by atoms with van der Waals surface area (Å²) in [6.45, 7) is 7.21. The Kier molecular flexibility index (Phi) is 9.66. The minimum absolute atomic E-state index is 0.0488. The number of benzene rings is 1. The van der Waals surface area contributed by atoms with Crippen LogP contribution in [0.4, 0.5) is 0 Å². The fourth-order valence-corrected chi connectivity index (χ4v) is 4.17. The second kappa shape index (κ2) is 10.9. The minimum atomic E-state index is -0.500. The highest BCUT2D eigenvalue weighted by atomic mass is 33.1. The summed E-state index contributed by atoms with van der Waals surface area (Å²) >= 11 is 0. The van der Waals surface area contributed by atoms with E-state index in [0.29, 0.717) is 29.8 Å². The van der Waals surface area contributed by atoms with Gasteiger partial charge in [0, 0.05) is 15.9 Å². The third-order valence-electron chi connectivity index (χ3n) is 2.97. The second-order valence-electron chi connectivity index (χ2n) is 6.31. The smallest absolute Gasteiger partial charge is 0.249 e. The summed E-state index contributed by atoms with van der Waals surface area (Å²) in [4.78, 5) is 11.6. The van der Waals surface area contributed by atoms with E-state index >= 15 is 0 Å². The average Bonchev–Trinajstić information content (AvgIpc) is 2.54. The highest BCUT2D eigenvalue weighted by molar-refractivity contribution is 8.77. The summed E-state index contributed by atoms with van der Waals surface area (Å²) in [5.41, 5.74) is 12.0. The van der Waals surface area contributed by atoms with E-state index in [1.165, 1.54) is 0 Å². The molecule has 142 valence electrons. The van der Waals surface area contributed by atoms with E-state index in [2.05, 4.69) is 20.8 Å². The predicted molar refractivity (Wildman–Crippen MR) is 105 cm³/mol. The van der Waals surface area contributed by atoms with E-state index in [-0.39, 0.29) is 30.0 Å². The van der Waals surface area contributed by atoms with E-state index in [4.69, 9.17) is 26.0 Å². The number of nitrogens with two attached hydrogens (primary N) is 2. The Morgan fingerprint density at radius 2 is 2.08 bits per heavy atom. The summed E-state index contributed by atoms with van der Waals surface area (Å²) in [5.74, 6) is 0.0837. The molecule has 0 saturated carbocycles. The lowest BCUT2D eigenvalue weighted by molar-refractivity contribution is 0.0514. The second-order valence-corrected chi connectivity index (χ2v) is 9.50. The molecule has 8 heteroatoms. The molecule has 0 aromatic heterocycles. The molecule has 0 fully saturated rings. The van der Waals surface area contributed by atoms with Crippen LogP contribution in [0, 0.1) is 0 Å². The van der Waals surface area contributed by atoms with Crippen molar-refractivity contribution in [3.05, 3.63) is 29.3 Å². The largest absolute Gasteiger partial charge is 0.490 e. The van der Waals surface area contributed by atoms with Crippen LogP contribution in [0.3, 0.4) is 0 Å². The van der Waals surface area contributed by atoms with Gasteiger partial charge >= 0.3 is 0 Å². The van der Waals surface area contributed by atoms with Crippen LogP contribution in [0.25, 0.3) is 0 Å². The van der Waals surface area contributed by atoms with Crippen LogP contribution in [0.15, 0.2) is 18.2 Å². The van der Waals surface area contributed by atoms with Crippen molar-refractivity contribution in [1.29, 1.82) is 0 Å². The number of amides is 1. The maximum absolute atomic E-state index is 11.6. The van der Waals surface area contributed by atoms with Gasteiger partial charge in [-0.05, 0) is 25.1 Å². The van der Waals surface area contributed by atoms with Gasteiger partial charge in [0.2, 0.25) is 5.91 Å². The van der Waals surface area contributed by atoms with Crippen LogP contribution < -0.4 is 16.2 Å². The first kappa shape index (κ1) is 22.1. The summed E-state index contributed by atoms with van der Waals surface area (Å²) < 4.78 is 11.6. The van der Waals surface area contributed by atoms with Crippen molar-refractivity contribution in [1.82, 2.24) is 0 Å². The van der Waals surface area contributed by atoms with Gasteiger partial charge in [0.1, 0.15) is 17.8 Å². The first-order valence-electron chi connectivity index (χ1n) is 8.10. The number of rotatable bonds is 11. The van der Waals surface area contributed by atoms with Crippen LogP contribution >= 0.6 is 21.6 Å². The van der Waals surface area contributed by atoms with Gasteiger partial charge in [-0.25, -0.2) is 0 Å². The number of ether oxygens (including phenoxy) is 2. The normalized spacial score (nSPS) is 12.8. The first-order chi connectivity index (χ1) is 11.8. The third kappa shape index (κ3) is 8.33. The van der Waals surface area contributed by atoms with E-state index < -0.39 is 5.91 Å². The fourth-order valence-electron chi connectivity index (χ4n) is 1.98. The van der Waals surface area contributed by atoms with Gasteiger partial charge in [0.05, 0.1) is 13.2 Å². The van der Waals surface area contributed by atoms with E-state index in [1.807, 2.05) is 0 Å². The lowest BCUT2D eigenvalue weighted by atomic mass is 10.0. The highest BCUT2D eigenvalue weighted by Gasteiger charge is 2.19. The quantitative estimate of drug-likeness (QED) is 0.394. The number of hydrogen-bond acceptors (Lipinski definition) is 7. The van der Waals surface area contributed by atoms with E-state index in [0.717, 1.165) is 0 Å². The summed E-state index contributed by atoms with van der Waals surface area (Å²) in [6, 6.07) is 5.20. The van der Waals surface area contributed by atoms with Crippen LogP contribution in [0.2, 0.25) is 0 Å². The minimum Gasteiger partial charge on any atom is -0.490 e. The number of carbonyl (C=O) groups excluding carboxylic acids is 1. The molecule has 25 heavy (non-hydrogen) atoms. The molecular formula is C17H28N2O4S2. The van der Waals surface area contributed by atoms with Crippen LogP contribution in [0.5, 0.6) is 5.75 Å². The summed E-state index contributed by atoms with van der Waals surface area (Å²) in [7, 11) is 3.25. The monoisotopic (exact) mass is 388 g/mol. The molecule has 0 aliphatic carbocycles. The number of aliphatic hydroxyl groups is 1. The maximum atomic E-state index is 11.6. The number of carbonyl (C=O) groups is 1. The fraction of sp³-hybridized carbons (Fsp3) is 0.588. The summed E-state index contributed by atoms with van der Waals surface area (Å²) in [5, 5.41) is 8.99. The molecule has 1 rings (SSSR count). The molecule has 6 nitrogen and oxygen atoms in total. The Hall–Kier alpha value is -0.930. The molecule has 1 atom stereocenters. The molecule has 0 heterocycles. The molecule has 0 aliphatic rings. The standard InChI is InChI=1S/C17H28N2O4S2/c1-17(2,3)25-24-15(22-10-9-20)11-23-14-6-4-5-13(16(19)21)12(14)7-8-18/h4-6,15,20H,7-11,18H2,1-3H3,(H2,19,21). The zero-order valence-corrected chi connectivity index (χ0v) is 16.6. The van der Waals surface area contributed by atoms with Crippen molar-refractivity contribution >= 4 is 27.5 Å². The van der Waals surface area contributed by atoms with Gasteiger partial charge in [-0.2, -0.15) is 0 Å². The third-order valence-corrected chi connectivity index (χ3v) is 6.48. The van der Waals surface area contributed by atoms with Crippen molar-refractivity contribution in [2.45, 2.75) is 37.4 Å². The Labute approximate surface area is 157 Å². The molecule has 0 spiro atoms. The Morgan fingerprint density at radius 1 is 1.36 bits per heavy atom.